The molecule has 0 fully saturated rings. The van der Waals surface area contributed by atoms with Gasteiger partial charge < -0.3 is 14.2 Å². The summed E-state index contributed by atoms with van der Waals surface area (Å²) in [6, 6.07) is 18.4. The number of thiophene rings is 1. The van der Waals surface area contributed by atoms with E-state index >= 15 is 0 Å². The summed E-state index contributed by atoms with van der Waals surface area (Å²) in [4.78, 5) is 13.1. The van der Waals surface area contributed by atoms with E-state index in [2.05, 4.69) is 6.07 Å². The number of allylic oxidation sites excluding steroid dienone is 1. The molecule has 5 nitrogen and oxygen atoms in total. The van der Waals surface area contributed by atoms with E-state index in [9.17, 15) is 10.1 Å². The highest BCUT2D eigenvalue weighted by Crippen LogP contribution is 2.31. The molecule has 0 amide bonds. The SMILES string of the molecule is COc1ccc(/C(C#N)=C\c2cccc(OC(=O)Cc3cccs3)c2)cc1OC. The van der Waals surface area contributed by atoms with Gasteiger partial charge in [-0.1, -0.05) is 18.2 Å². The molecule has 0 unspecified atom stereocenters. The van der Waals surface area contributed by atoms with Gasteiger partial charge in [0.15, 0.2) is 11.5 Å². The maximum Gasteiger partial charge on any atom is 0.316 e. The lowest BCUT2D eigenvalue weighted by Gasteiger charge is -2.09. The first-order valence-electron chi connectivity index (χ1n) is 8.80. The number of carbonyl (C=O) groups excluding carboxylic acids is 1. The van der Waals surface area contributed by atoms with E-state index < -0.39 is 0 Å². The van der Waals surface area contributed by atoms with Gasteiger partial charge in [-0.25, -0.2) is 0 Å². The molecule has 6 heteroatoms. The van der Waals surface area contributed by atoms with Crippen LogP contribution >= 0.6 is 11.3 Å². The van der Waals surface area contributed by atoms with Gasteiger partial charge in [0.25, 0.3) is 0 Å². The molecule has 0 spiro atoms. The summed E-state index contributed by atoms with van der Waals surface area (Å²) in [5.41, 5.74) is 1.90. The average Bonchev–Trinajstić information content (AvgIpc) is 3.24. The van der Waals surface area contributed by atoms with Crippen molar-refractivity contribution in [3.05, 3.63) is 76.0 Å². The number of methoxy groups -OCH3 is 2. The van der Waals surface area contributed by atoms with Crippen molar-refractivity contribution in [1.82, 2.24) is 0 Å². The maximum atomic E-state index is 12.1. The van der Waals surface area contributed by atoms with Crippen LogP contribution in [0.3, 0.4) is 0 Å². The quantitative estimate of drug-likeness (QED) is 0.240. The summed E-state index contributed by atoms with van der Waals surface area (Å²) >= 11 is 1.51. The molecule has 0 saturated carbocycles. The number of ether oxygens (including phenoxy) is 3. The van der Waals surface area contributed by atoms with Gasteiger partial charge in [0, 0.05) is 4.88 Å². The van der Waals surface area contributed by atoms with Crippen molar-refractivity contribution < 1.29 is 19.0 Å². The van der Waals surface area contributed by atoms with Gasteiger partial charge in [-0.15, -0.1) is 11.3 Å². The number of benzene rings is 2. The second kappa shape index (κ2) is 9.58. The number of esters is 1. The molecule has 0 bridgehead atoms. The molecule has 1 aromatic heterocycles. The Balaban J connectivity index is 1.80. The molecule has 0 atom stereocenters. The molecule has 0 aliphatic rings. The van der Waals surface area contributed by atoms with Crippen LogP contribution in [0.1, 0.15) is 16.0 Å². The zero-order valence-electron chi connectivity index (χ0n) is 16.0. The lowest BCUT2D eigenvalue weighted by Crippen LogP contribution is -2.10. The van der Waals surface area contributed by atoms with E-state index in [0.717, 1.165) is 10.4 Å². The molecular weight excluding hydrogens is 386 g/mol. The van der Waals surface area contributed by atoms with Crippen LogP contribution in [0.25, 0.3) is 11.6 Å². The van der Waals surface area contributed by atoms with Crippen LogP contribution in [-0.2, 0) is 11.2 Å². The number of nitriles is 1. The van der Waals surface area contributed by atoms with Crippen molar-refractivity contribution in [2.45, 2.75) is 6.42 Å². The first-order valence-corrected chi connectivity index (χ1v) is 9.68. The number of rotatable bonds is 7. The summed E-state index contributed by atoms with van der Waals surface area (Å²) in [6.07, 6.45) is 1.96. The number of nitrogens with zero attached hydrogens (tertiary/aromatic N) is 1. The largest absolute Gasteiger partial charge is 0.493 e. The van der Waals surface area contributed by atoms with Gasteiger partial charge in [0.1, 0.15) is 5.75 Å². The molecule has 146 valence electrons. The van der Waals surface area contributed by atoms with Crippen LogP contribution in [0.4, 0.5) is 0 Å². The van der Waals surface area contributed by atoms with E-state index in [4.69, 9.17) is 14.2 Å². The molecule has 0 radical (unpaired) electrons. The van der Waals surface area contributed by atoms with Crippen molar-refractivity contribution in [2.24, 2.45) is 0 Å². The van der Waals surface area contributed by atoms with Gasteiger partial charge >= 0.3 is 5.97 Å². The van der Waals surface area contributed by atoms with Gasteiger partial charge in [-0.05, 0) is 59.0 Å². The highest BCUT2D eigenvalue weighted by molar-refractivity contribution is 7.10. The van der Waals surface area contributed by atoms with E-state index in [-0.39, 0.29) is 12.4 Å². The van der Waals surface area contributed by atoms with Crippen LogP contribution in [-0.4, -0.2) is 20.2 Å². The third kappa shape index (κ3) is 5.24. The van der Waals surface area contributed by atoms with Crippen LogP contribution in [0.15, 0.2) is 60.0 Å². The van der Waals surface area contributed by atoms with Crippen LogP contribution in [0.5, 0.6) is 17.2 Å². The summed E-state index contributed by atoms with van der Waals surface area (Å²) in [5.74, 6) is 1.24. The average molecular weight is 405 g/mol. The predicted molar refractivity (Wildman–Crippen MR) is 113 cm³/mol. The summed E-state index contributed by atoms with van der Waals surface area (Å²) in [7, 11) is 3.11. The molecule has 2 aromatic carbocycles. The van der Waals surface area contributed by atoms with Crippen molar-refractivity contribution in [1.29, 1.82) is 5.26 Å². The van der Waals surface area contributed by atoms with Crippen LogP contribution in [0, 0.1) is 11.3 Å². The Morgan fingerprint density at radius 1 is 1.07 bits per heavy atom. The van der Waals surface area contributed by atoms with E-state index in [1.165, 1.54) is 11.3 Å². The Bertz CT molecular complexity index is 1060. The molecule has 0 aliphatic heterocycles. The van der Waals surface area contributed by atoms with E-state index in [1.54, 1.807) is 56.7 Å². The number of carbonyl (C=O) groups is 1. The minimum absolute atomic E-state index is 0.229. The standard InChI is InChI=1S/C23H19NO4S/c1-26-21-9-8-17(13-22(21)27-2)18(15-24)11-16-5-3-6-19(12-16)28-23(25)14-20-7-4-10-29-20/h3-13H,14H2,1-2H3/b18-11-. The summed E-state index contributed by atoms with van der Waals surface area (Å²) < 4.78 is 16.0. The van der Waals surface area contributed by atoms with Crippen molar-refractivity contribution in [3.8, 4) is 23.3 Å². The molecule has 3 rings (SSSR count). The molecule has 0 saturated heterocycles. The Morgan fingerprint density at radius 3 is 2.59 bits per heavy atom. The Hall–Kier alpha value is -3.56. The summed E-state index contributed by atoms with van der Waals surface area (Å²) in [6.45, 7) is 0. The fourth-order valence-corrected chi connectivity index (χ4v) is 3.43. The first kappa shape index (κ1) is 20.2. The second-order valence-electron chi connectivity index (χ2n) is 6.04. The van der Waals surface area contributed by atoms with Crippen molar-refractivity contribution in [3.63, 3.8) is 0 Å². The zero-order valence-corrected chi connectivity index (χ0v) is 16.9. The van der Waals surface area contributed by atoms with Gasteiger partial charge in [-0.2, -0.15) is 5.26 Å². The number of hydrogen-bond donors (Lipinski definition) is 0. The first-order chi connectivity index (χ1) is 14.1. The minimum Gasteiger partial charge on any atom is -0.493 e. The lowest BCUT2D eigenvalue weighted by atomic mass is 10.0. The maximum absolute atomic E-state index is 12.1. The van der Waals surface area contributed by atoms with Gasteiger partial charge in [-0.3, -0.25) is 4.79 Å². The molecular formula is C23H19NO4S. The Morgan fingerprint density at radius 2 is 1.90 bits per heavy atom. The van der Waals surface area contributed by atoms with Crippen LogP contribution in [0.2, 0.25) is 0 Å². The zero-order chi connectivity index (χ0) is 20.6. The van der Waals surface area contributed by atoms with Crippen molar-refractivity contribution in [2.75, 3.05) is 14.2 Å². The normalized spacial score (nSPS) is 10.9. The highest BCUT2D eigenvalue weighted by atomic mass is 32.1. The minimum atomic E-state index is -0.325. The van der Waals surface area contributed by atoms with Crippen LogP contribution < -0.4 is 14.2 Å². The Kier molecular flexibility index (Phi) is 6.67. The molecule has 1 heterocycles. The van der Waals surface area contributed by atoms with Crippen molar-refractivity contribution >= 4 is 29.0 Å². The summed E-state index contributed by atoms with van der Waals surface area (Å²) in [5, 5.41) is 11.5. The van der Waals surface area contributed by atoms with E-state index in [1.807, 2.05) is 23.6 Å². The topological polar surface area (TPSA) is 68.5 Å². The third-order valence-corrected chi connectivity index (χ3v) is 4.99. The van der Waals surface area contributed by atoms with E-state index in [0.29, 0.717) is 28.4 Å². The van der Waals surface area contributed by atoms with Gasteiger partial charge in [0.05, 0.1) is 32.3 Å². The molecule has 29 heavy (non-hydrogen) atoms. The number of hydrogen-bond acceptors (Lipinski definition) is 6. The molecule has 0 aliphatic carbocycles. The third-order valence-electron chi connectivity index (χ3n) is 4.11. The highest BCUT2D eigenvalue weighted by Gasteiger charge is 2.10. The lowest BCUT2D eigenvalue weighted by molar-refractivity contribution is -0.133. The molecule has 0 N–H and O–H groups in total. The predicted octanol–water partition coefficient (Wildman–Crippen LogP) is 4.98. The van der Waals surface area contributed by atoms with Gasteiger partial charge in [0.2, 0.25) is 0 Å². The Labute approximate surface area is 173 Å². The molecule has 3 aromatic rings. The second-order valence-corrected chi connectivity index (χ2v) is 7.07. The smallest absolute Gasteiger partial charge is 0.316 e. The fraction of sp³-hybridized carbons (Fsp3) is 0.130. The fourth-order valence-electron chi connectivity index (χ4n) is 2.74. The monoisotopic (exact) mass is 405 g/mol.